The zero-order valence-electron chi connectivity index (χ0n) is 18.5. The number of hydrogen-bond acceptors (Lipinski definition) is 0. The van der Waals surface area contributed by atoms with Crippen molar-refractivity contribution in [2.45, 2.75) is 142 Å². The van der Waals surface area contributed by atoms with Crippen molar-refractivity contribution in [1.82, 2.24) is 0 Å². The molecule has 3 atom stereocenters. The zero-order chi connectivity index (χ0) is 18.9. The van der Waals surface area contributed by atoms with Gasteiger partial charge < -0.3 is 0 Å². The first-order valence-electron chi connectivity index (χ1n) is 12.2. The first-order chi connectivity index (χ1) is 12.4. The third-order valence-corrected chi connectivity index (χ3v) is 7.86. The van der Waals surface area contributed by atoms with E-state index in [4.69, 9.17) is 7.85 Å². The average Bonchev–Trinajstić information content (AvgIpc) is 2.62. The minimum Gasteiger partial charge on any atom is -0.0663 e. The maximum atomic E-state index is 6.75. The molecular formula is C25H47B. The Bertz CT molecular complexity index is 374. The second-order valence-electron chi connectivity index (χ2n) is 10.8. The molecule has 2 aliphatic rings. The second-order valence-corrected chi connectivity index (χ2v) is 10.8. The lowest BCUT2D eigenvalue weighted by molar-refractivity contribution is 0.159. The van der Waals surface area contributed by atoms with Crippen molar-refractivity contribution in [3.05, 3.63) is 0 Å². The third-order valence-electron chi connectivity index (χ3n) is 7.86. The highest BCUT2D eigenvalue weighted by Gasteiger charge is 2.30. The summed E-state index contributed by atoms with van der Waals surface area (Å²) in [5, 5.41) is 0.129. The summed E-state index contributed by atoms with van der Waals surface area (Å²) in [5.74, 6) is 1.93. The molecule has 0 N–H and O–H groups in total. The smallest absolute Gasteiger partial charge is 0.0663 e. The van der Waals surface area contributed by atoms with Crippen LogP contribution < -0.4 is 0 Å². The Kier molecular flexibility index (Phi) is 9.60. The first-order valence-corrected chi connectivity index (χ1v) is 12.2. The molecule has 0 aliphatic heterocycles. The number of rotatable bonds is 1. The lowest BCUT2D eigenvalue weighted by Crippen LogP contribution is -2.24. The summed E-state index contributed by atoms with van der Waals surface area (Å²) in [6.07, 6.45) is 25.4. The van der Waals surface area contributed by atoms with Crippen molar-refractivity contribution < 1.29 is 0 Å². The predicted molar refractivity (Wildman–Crippen MR) is 118 cm³/mol. The van der Waals surface area contributed by atoms with Crippen molar-refractivity contribution >= 4 is 7.85 Å². The fraction of sp³-hybridized carbons (Fsp3) is 1.00. The average molecular weight is 358 g/mol. The molecule has 0 nitrogen and oxygen atoms in total. The van der Waals surface area contributed by atoms with Crippen molar-refractivity contribution in [3.63, 3.8) is 0 Å². The van der Waals surface area contributed by atoms with E-state index in [1.165, 1.54) is 109 Å². The van der Waals surface area contributed by atoms with Gasteiger partial charge in [-0.3, -0.25) is 0 Å². The minimum atomic E-state index is 0.129. The van der Waals surface area contributed by atoms with E-state index in [9.17, 15) is 0 Å². The fourth-order valence-electron chi connectivity index (χ4n) is 5.90. The van der Waals surface area contributed by atoms with E-state index in [2.05, 4.69) is 20.8 Å². The Morgan fingerprint density at radius 2 is 1.15 bits per heavy atom. The molecule has 0 aromatic carbocycles. The SMILES string of the molecule is [B]C1(CC)CCCCCC2CC(C)(C)CCCCCCCCC2CCC1. The highest BCUT2D eigenvalue weighted by molar-refractivity contribution is 6.15. The van der Waals surface area contributed by atoms with Gasteiger partial charge >= 0.3 is 0 Å². The van der Waals surface area contributed by atoms with Crippen LogP contribution in [0.25, 0.3) is 0 Å². The molecule has 26 heavy (non-hydrogen) atoms. The van der Waals surface area contributed by atoms with Gasteiger partial charge in [0.25, 0.3) is 0 Å². The third kappa shape index (κ3) is 7.98. The lowest BCUT2D eigenvalue weighted by Gasteiger charge is -2.36. The van der Waals surface area contributed by atoms with Gasteiger partial charge in [0.05, 0.1) is 7.85 Å². The van der Waals surface area contributed by atoms with Crippen molar-refractivity contribution in [2.24, 2.45) is 17.3 Å². The summed E-state index contributed by atoms with van der Waals surface area (Å²) < 4.78 is 0. The summed E-state index contributed by atoms with van der Waals surface area (Å²) in [6.45, 7) is 7.42. The molecule has 0 bridgehead atoms. The largest absolute Gasteiger partial charge is 0.0746 e. The zero-order valence-corrected chi connectivity index (χ0v) is 18.5. The molecule has 2 fully saturated rings. The van der Waals surface area contributed by atoms with Crippen LogP contribution in [-0.4, -0.2) is 7.85 Å². The molecule has 2 aliphatic carbocycles. The first kappa shape index (κ1) is 22.4. The Balaban J connectivity index is 2.07. The molecule has 1 heteroatoms. The van der Waals surface area contributed by atoms with Crippen LogP contribution in [-0.2, 0) is 0 Å². The van der Waals surface area contributed by atoms with Gasteiger partial charge in [0.1, 0.15) is 0 Å². The van der Waals surface area contributed by atoms with E-state index in [1.54, 1.807) is 0 Å². The Hall–Kier alpha value is 0.0649. The van der Waals surface area contributed by atoms with Crippen LogP contribution in [0.1, 0.15) is 136 Å². The molecule has 0 heterocycles. The standard InChI is InChI=1S/C25H47B/c1-4-25(26)19-13-9-11-16-23-21-24(2,3)18-12-8-6-5-7-10-15-22(23)17-14-20-25/h22-23H,4-21H2,1-3H3. The lowest BCUT2D eigenvalue weighted by atomic mass is 9.61. The van der Waals surface area contributed by atoms with E-state index in [0.717, 1.165) is 18.3 Å². The van der Waals surface area contributed by atoms with Gasteiger partial charge in [-0.25, -0.2) is 0 Å². The van der Waals surface area contributed by atoms with Gasteiger partial charge in [-0.15, -0.1) is 0 Å². The van der Waals surface area contributed by atoms with E-state index in [0.29, 0.717) is 5.41 Å². The summed E-state index contributed by atoms with van der Waals surface area (Å²) >= 11 is 0. The Morgan fingerprint density at radius 1 is 0.654 bits per heavy atom. The van der Waals surface area contributed by atoms with Crippen LogP contribution in [0, 0.1) is 17.3 Å². The Labute approximate surface area is 167 Å². The van der Waals surface area contributed by atoms with Gasteiger partial charge in [0.2, 0.25) is 0 Å². The molecule has 150 valence electrons. The molecule has 2 rings (SSSR count). The van der Waals surface area contributed by atoms with Gasteiger partial charge in [0.15, 0.2) is 0 Å². The van der Waals surface area contributed by atoms with Crippen LogP contribution in [0.5, 0.6) is 0 Å². The van der Waals surface area contributed by atoms with Crippen LogP contribution in [0.15, 0.2) is 0 Å². The number of hydrogen-bond donors (Lipinski definition) is 0. The molecule has 3 unspecified atom stereocenters. The normalized spacial score (nSPS) is 36.0. The monoisotopic (exact) mass is 358 g/mol. The predicted octanol–water partition coefficient (Wildman–Crippen LogP) is 8.64. The summed E-state index contributed by atoms with van der Waals surface area (Å²) in [6, 6.07) is 0. The second kappa shape index (κ2) is 11.2. The maximum Gasteiger partial charge on any atom is 0.0746 e. The minimum absolute atomic E-state index is 0.129. The molecule has 0 aromatic rings. The van der Waals surface area contributed by atoms with Crippen LogP contribution in [0.4, 0.5) is 0 Å². The van der Waals surface area contributed by atoms with Crippen LogP contribution >= 0.6 is 0 Å². The van der Waals surface area contributed by atoms with Crippen molar-refractivity contribution in [1.29, 1.82) is 0 Å². The molecular weight excluding hydrogens is 311 g/mol. The van der Waals surface area contributed by atoms with Crippen molar-refractivity contribution in [2.75, 3.05) is 0 Å². The summed E-state index contributed by atoms with van der Waals surface area (Å²) in [4.78, 5) is 0. The molecule has 0 saturated heterocycles. The molecule has 0 spiro atoms. The highest BCUT2D eigenvalue weighted by atomic mass is 14.3. The van der Waals surface area contributed by atoms with Gasteiger partial charge in [-0.1, -0.05) is 129 Å². The molecule has 0 amide bonds. The van der Waals surface area contributed by atoms with E-state index < -0.39 is 0 Å². The topological polar surface area (TPSA) is 0 Å². The van der Waals surface area contributed by atoms with E-state index in [1.807, 2.05) is 0 Å². The van der Waals surface area contributed by atoms with Gasteiger partial charge in [-0.2, -0.15) is 0 Å². The molecule has 2 saturated carbocycles. The Morgan fingerprint density at radius 3 is 1.88 bits per heavy atom. The number of fused-ring (bicyclic) bond motifs is 1. The maximum absolute atomic E-state index is 6.75. The van der Waals surface area contributed by atoms with Crippen LogP contribution in [0.3, 0.4) is 0 Å². The van der Waals surface area contributed by atoms with E-state index in [-0.39, 0.29) is 5.31 Å². The highest BCUT2D eigenvalue weighted by Crippen LogP contribution is 2.44. The fourth-order valence-corrected chi connectivity index (χ4v) is 5.90. The molecule has 2 radical (unpaired) electrons. The summed E-state index contributed by atoms with van der Waals surface area (Å²) in [7, 11) is 6.75. The molecule has 0 aromatic heterocycles. The van der Waals surface area contributed by atoms with Crippen LogP contribution in [0.2, 0.25) is 5.31 Å². The summed E-state index contributed by atoms with van der Waals surface area (Å²) in [5.41, 5.74) is 0.545. The van der Waals surface area contributed by atoms with Crippen molar-refractivity contribution in [3.8, 4) is 0 Å². The quantitative estimate of drug-likeness (QED) is 0.411. The van der Waals surface area contributed by atoms with E-state index >= 15 is 0 Å². The van der Waals surface area contributed by atoms with Gasteiger partial charge in [0, 0.05) is 0 Å². The van der Waals surface area contributed by atoms with Gasteiger partial charge in [-0.05, 0) is 30.1 Å².